The van der Waals surface area contributed by atoms with E-state index in [2.05, 4.69) is 21.2 Å². The largest absolute Gasteiger partial charge is 0.389 e. The molecule has 16 heavy (non-hydrogen) atoms. The topological polar surface area (TPSA) is 12.0 Å². The van der Waals surface area contributed by atoms with E-state index in [1.165, 1.54) is 0 Å². The van der Waals surface area contributed by atoms with Crippen LogP contribution in [0, 0.1) is 0 Å². The molecule has 0 aliphatic rings. The molecule has 90 valence electrons. The normalized spacial score (nSPS) is 11.6. The Bertz CT molecular complexity index is 354. The summed E-state index contributed by atoms with van der Waals surface area (Å²) in [5.74, 6) is 0. The molecular formula is C10H10BrClF3N. The number of halogens is 5. The molecule has 0 heterocycles. The second-order valence-electron chi connectivity index (χ2n) is 3.27. The highest BCUT2D eigenvalue weighted by molar-refractivity contribution is 9.10. The Hall–Kier alpha value is -0.420. The van der Waals surface area contributed by atoms with Crippen molar-refractivity contribution in [3.8, 4) is 0 Å². The van der Waals surface area contributed by atoms with Crippen molar-refractivity contribution in [1.82, 2.24) is 0 Å². The summed E-state index contributed by atoms with van der Waals surface area (Å²) in [6, 6.07) is 5.16. The molecular weight excluding hydrogens is 306 g/mol. The third-order valence-corrected chi connectivity index (χ3v) is 3.12. The zero-order valence-corrected chi connectivity index (χ0v) is 10.6. The van der Waals surface area contributed by atoms with Gasteiger partial charge in [0.25, 0.3) is 0 Å². The number of anilines is 1. The van der Waals surface area contributed by atoms with Crippen molar-refractivity contribution < 1.29 is 13.2 Å². The van der Waals surface area contributed by atoms with Crippen molar-refractivity contribution in [2.24, 2.45) is 0 Å². The Kier molecular flexibility index (Phi) is 4.92. The maximum absolute atomic E-state index is 11.8. The summed E-state index contributed by atoms with van der Waals surface area (Å²) in [5, 5.41) is 3.41. The van der Waals surface area contributed by atoms with E-state index in [-0.39, 0.29) is 13.0 Å². The first-order chi connectivity index (χ1) is 7.38. The van der Waals surface area contributed by atoms with Crippen LogP contribution in [0.4, 0.5) is 18.9 Å². The summed E-state index contributed by atoms with van der Waals surface area (Å²) in [5.41, 5.74) is 0.718. The highest BCUT2D eigenvalue weighted by Gasteiger charge is 2.25. The Morgan fingerprint density at radius 2 is 2.00 bits per heavy atom. The summed E-state index contributed by atoms with van der Waals surface area (Å²) in [4.78, 5) is 0. The van der Waals surface area contributed by atoms with Gasteiger partial charge in [0.15, 0.2) is 0 Å². The molecule has 0 amide bonds. The predicted molar refractivity (Wildman–Crippen MR) is 62.9 cm³/mol. The second kappa shape index (κ2) is 5.77. The molecule has 0 bridgehead atoms. The van der Waals surface area contributed by atoms with Gasteiger partial charge in [-0.2, -0.15) is 13.2 Å². The number of benzene rings is 1. The van der Waals surface area contributed by atoms with Gasteiger partial charge in [-0.15, -0.1) is 0 Å². The minimum absolute atomic E-state index is 0.0528. The summed E-state index contributed by atoms with van der Waals surface area (Å²) >= 11 is 9.06. The van der Waals surface area contributed by atoms with E-state index in [4.69, 9.17) is 11.6 Å². The average Bonchev–Trinajstić information content (AvgIpc) is 2.17. The molecule has 1 nitrogen and oxygen atoms in total. The molecule has 1 aromatic carbocycles. The van der Waals surface area contributed by atoms with Crippen LogP contribution in [0.3, 0.4) is 0 Å². The van der Waals surface area contributed by atoms with Gasteiger partial charge in [-0.25, -0.2) is 0 Å². The fourth-order valence-corrected chi connectivity index (χ4v) is 1.55. The van der Waals surface area contributed by atoms with Crippen LogP contribution in [0.25, 0.3) is 0 Å². The van der Waals surface area contributed by atoms with Gasteiger partial charge in [0.1, 0.15) is 0 Å². The Morgan fingerprint density at radius 3 is 2.56 bits per heavy atom. The van der Waals surface area contributed by atoms with Gasteiger partial charge in [-0.3, -0.25) is 0 Å². The van der Waals surface area contributed by atoms with Gasteiger partial charge >= 0.3 is 6.18 Å². The quantitative estimate of drug-likeness (QED) is 0.782. The van der Waals surface area contributed by atoms with Gasteiger partial charge in [-0.1, -0.05) is 11.6 Å². The van der Waals surface area contributed by atoms with Gasteiger partial charge < -0.3 is 5.32 Å². The van der Waals surface area contributed by atoms with Gasteiger partial charge in [0.05, 0.1) is 5.02 Å². The SMILES string of the molecule is FC(F)(F)CCCNc1ccc(Br)c(Cl)c1. The summed E-state index contributed by atoms with van der Waals surface area (Å²) in [6.45, 7) is 0.275. The Labute approximate surface area is 105 Å². The molecule has 0 aliphatic heterocycles. The van der Waals surface area contributed by atoms with E-state index in [0.717, 1.165) is 10.2 Å². The smallest absolute Gasteiger partial charge is 0.385 e. The average molecular weight is 317 g/mol. The van der Waals surface area contributed by atoms with Crippen LogP contribution in [0.2, 0.25) is 5.02 Å². The van der Waals surface area contributed by atoms with Crippen LogP contribution in [0.5, 0.6) is 0 Å². The van der Waals surface area contributed by atoms with E-state index < -0.39 is 12.6 Å². The standard InChI is InChI=1S/C10H10BrClF3N/c11-8-3-2-7(6-9(8)12)16-5-1-4-10(13,14)15/h2-3,6,16H,1,4-5H2. The third kappa shape index (κ3) is 5.07. The molecule has 6 heteroatoms. The van der Waals surface area contributed by atoms with E-state index in [0.29, 0.717) is 5.02 Å². The maximum Gasteiger partial charge on any atom is 0.389 e. The Balaban J connectivity index is 2.35. The van der Waals surface area contributed by atoms with E-state index in [1.54, 1.807) is 18.2 Å². The van der Waals surface area contributed by atoms with Crippen LogP contribution in [0.1, 0.15) is 12.8 Å². The predicted octanol–water partition coefficient (Wildman–Crippen LogP) is 4.86. The van der Waals surface area contributed by atoms with Crippen LogP contribution in [-0.4, -0.2) is 12.7 Å². The van der Waals surface area contributed by atoms with E-state index >= 15 is 0 Å². The van der Waals surface area contributed by atoms with Gasteiger partial charge in [-0.05, 0) is 40.5 Å². The second-order valence-corrected chi connectivity index (χ2v) is 4.54. The summed E-state index contributed by atoms with van der Waals surface area (Å²) in [7, 11) is 0. The van der Waals surface area contributed by atoms with Crippen LogP contribution >= 0.6 is 27.5 Å². The van der Waals surface area contributed by atoms with Crippen molar-refractivity contribution in [2.45, 2.75) is 19.0 Å². The monoisotopic (exact) mass is 315 g/mol. The summed E-state index contributed by atoms with van der Waals surface area (Å²) < 4.78 is 36.3. The van der Waals surface area contributed by atoms with Crippen molar-refractivity contribution in [3.63, 3.8) is 0 Å². The molecule has 0 unspecified atom stereocenters. The van der Waals surface area contributed by atoms with Crippen LogP contribution in [0.15, 0.2) is 22.7 Å². The number of rotatable bonds is 4. The van der Waals surface area contributed by atoms with Crippen LogP contribution in [-0.2, 0) is 0 Å². The van der Waals surface area contributed by atoms with E-state index in [9.17, 15) is 13.2 Å². The van der Waals surface area contributed by atoms with Crippen molar-refractivity contribution in [1.29, 1.82) is 0 Å². The van der Waals surface area contributed by atoms with Gasteiger partial charge in [0.2, 0.25) is 0 Å². The minimum Gasteiger partial charge on any atom is -0.385 e. The number of nitrogens with one attached hydrogen (secondary N) is 1. The number of alkyl halides is 3. The zero-order valence-electron chi connectivity index (χ0n) is 8.24. The summed E-state index contributed by atoms with van der Waals surface area (Å²) in [6.07, 6.45) is -4.81. The van der Waals surface area contributed by atoms with Crippen molar-refractivity contribution in [2.75, 3.05) is 11.9 Å². The highest BCUT2D eigenvalue weighted by atomic mass is 79.9. The van der Waals surface area contributed by atoms with Gasteiger partial charge in [0, 0.05) is 23.1 Å². The molecule has 0 saturated carbocycles. The Morgan fingerprint density at radius 1 is 1.31 bits per heavy atom. The molecule has 0 aromatic heterocycles. The third-order valence-electron chi connectivity index (χ3n) is 1.89. The number of hydrogen-bond donors (Lipinski definition) is 1. The lowest BCUT2D eigenvalue weighted by atomic mass is 10.3. The molecule has 0 saturated heterocycles. The maximum atomic E-state index is 11.8. The van der Waals surface area contributed by atoms with E-state index in [1.807, 2.05) is 0 Å². The minimum atomic E-state index is -4.08. The molecule has 0 aliphatic carbocycles. The van der Waals surface area contributed by atoms with Crippen molar-refractivity contribution in [3.05, 3.63) is 27.7 Å². The lowest BCUT2D eigenvalue weighted by Gasteiger charge is -2.09. The molecule has 1 N–H and O–H groups in total. The molecule has 1 rings (SSSR count). The molecule has 0 radical (unpaired) electrons. The fraction of sp³-hybridized carbons (Fsp3) is 0.400. The first kappa shape index (κ1) is 13.6. The van der Waals surface area contributed by atoms with Crippen molar-refractivity contribution >= 4 is 33.2 Å². The first-order valence-corrected chi connectivity index (χ1v) is 5.81. The van der Waals surface area contributed by atoms with Crippen LogP contribution < -0.4 is 5.32 Å². The number of hydrogen-bond acceptors (Lipinski definition) is 1. The molecule has 0 spiro atoms. The lowest BCUT2D eigenvalue weighted by molar-refractivity contribution is -0.134. The first-order valence-electron chi connectivity index (χ1n) is 4.64. The highest BCUT2D eigenvalue weighted by Crippen LogP contribution is 2.26. The fourth-order valence-electron chi connectivity index (χ4n) is 1.13. The molecule has 0 fully saturated rings. The lowest BCUT2D eigenvalue weighted by Crippen LogP contribution is -2.10. The molecule has 0 atom stereocenters. The molecule has 1 aromatic rings. The zero-order chi connectivity index (χ0) is 12.2.